The van der Waals surface area contributed by atoms with Gasteiger partial charge in [-0.15, -0.1) is 0 Å². The van der Waals surface area contributed by atoms with Gasteiger partial charge in [0.2, 0.25) is 0 Å². The molecule has 1 heterocycles. The third-order valence-electron chi connectivity index (χ3n) is 5.73. The number of nitrogens with zero attached hydrogens (tertiary/aromatic N) is 1. The zero-order valence-corrected chi connectivity index (χ0v) is 16.8. The standard InChI is InChI=1S/C24H31NO3/c1-2-20-15-16-25(17-22(26)21-11-7-4-8-12-21)18-23(20)28-24(27)14-13-19-9-5-3-6-10-19/h3,5-7,9-12,20,23H,2,4,8,13-18H2,1H3/t20?,23-/m0/s1. The maximum atomic E-state index is 12.5. The first kappa shape index (κ1) is 20.5. The Hall–Kier alpha value is -2.20. The van der Waals surface area contributed by atoms with Crippen molar-refractivity contribution in [2.75, 3.05) is 19.6 Å². The van der Waals surface area contributed by atoms with E-state index in [-0.39, 0.29) is 17.9 Å². The highest BCUT2D eigenvalue weighted by Gasteiger charge is 2.31. The zero-order valence-electron chi connectivity index (χ0n) is 16.8. The summed E-state index contributed by atoms with van der Waals surface area (Å²) in [4.78, 5) is 27.1. The number of Topliss-reactive ketones (excluding diaryl/α,β-unsaturated/α-hetero) is 1. The first-order valence-corrected chi connectivity index (χ1v) is 10.5. The van der Waals surface area contributed by atoms with Gasteiger partial charge in [-0.25, -0.2) is 0 Å². The fourth-order valence-corrected chi connectivity index (χ4v) is 4.01. The molecule has 1 aliphatic heterocycles. The van der Waals surface area contributed by atoms with E-state index in [1.54, 1.807) is 0 Å². The molecule has 4 heteroatoms. The molecule has 0 radical (unpaired) electrons. The molecule has 150 valence electrons. The second-order valence-corrected chi connectivity index (χ2v) is 7.77. The molecule has 1 unspecified atom stereocenters. The molecule has 1 aliphatic carbocycles. The molecule has 1 aromatic carbocycles. The number of piperidine rings is 1. The van der Waals surface area contributed by atoms with Crippen LogP contribution < -0.4 is 0 Å². The monoisotopic (exact) mass is 381 g/mol. The molecular weight excluding hydrogens is 350 g/mol. The van der Waals surface area contributed by atoms with E-state index in [9.17, 15) is 9.59 Å². The topological polar surface area (TPSA) is 46.6 Å². The summed E-state index contributed by atoms with van der Waals surface area (Å²) in [5.74, 6) is 0.402. The van der Waals surface area contributed by atoms with Crippen LogP contribution in [0.3, 0.4) is 0 Å². The van der Waals surface area contributed by atoms with Crippen molar-refractivity contribution in [3.8, 4) is 0 Å². The summed E-state index contributed by atoms with van der Waals surface area (Å²) in [7, 11) is 0. The summed E-state index contributed by atoms with van der Waals surface area (Å²) < 4.78 is 5.85. The third-order valence-corrected chi connectivity index (χ3v) is 5.73. The van der Waals surface area contributed by atoms with Gasteiger partial charge in [-0.3, -0.25) is 14.5 Å². The minimum absolute atomic E-state index is 0.120. The summed E-state index contributed by atoms with van der Waals surface area (Å²) in [5.41, 5.74) is 1.97. The van der Waals surface area contributed by atoms with Gasteiger partial charge in [-0.1, -0.05) is 55.5 Å². The summed E-state index contributed by atoms with van der Waals surface area (Å²) >= 11 is 0. The number of rotatable bonds is 8. The van der Waals surface area contributed by atoms with E-state index in [0.29, 0.717) is 31.8 Å². The minimum Gasteiger partial charge on any atom is -0.461 e. The predicted molar refractivity (Wildman–Crippen MR) is 111 cm³/mol. The summed E-state index contributed by atoms with van der Waals surface area (Å²) in [5, 5.41) is 0. The van der Waals surface area contributed by atoms with Crippen molar-refractivity contribution in [1.29, 1.82) is 0 Å². The largest absolute Gasteiger partial charge is 0.461 e. The van der Waals surface area contributed by atoms with Crippen molar-refractivity contribution in [2.45, 2.75) is 51.6 Å². The van der Waals surface area contributed by atoms with Crippen molar-refractivity contribution < 1.29 is 14.3 Å². The number of benzene rings is 1. The number of ketones is 1. The lowest BCUT2D eigenvalue weighted by atomic mass is 9.91. The van der Waals surface area contributed by atoms with Gasteiger partial charge in [0, 0.05) is 18.5 Å². The molecule has 2 atom stereocenters. The summed E-state index contributed by atoms with van der Waals surface area (Å²) in [6.07, 6.45) is 10.9. The second kappa shape index (κ2) is 10.4. The smallest absolute Gasteiger partial charge is 0.306 e. The number of ether oxygens (including phenoxy) is 1. The lowest BCUT2D eigenvalue weighted by Crippen LogP contribution is -2.47. The second-order valence-electron chi connectivity index (χ2n) is 7.77. The highest BCUT2D eigenvalue weighted by atomic mass is 16.5. The molecule has 0 saturated carbocycles. The average Bonchev–Trinajstić information content (AvgIpc) is 2.74. The number of carbonyl (C=O) groups excluding carboxylic acids is 2. The van der Waals surface area contributed by atoms with Gasteiger partial charge in [0.1, 0.15) is 6.10 Å². The molecule has 0 amide bonds. The Morgan fingerprint density at radius 3 is 2.71 bits per heavy atom. The van der Waals surface area contributed by atoms with Gasteiger partial charge < -0.3 is 4.74 Å². The predicted octanol–water partition coefficient (Wildman–Crippen LogP) is 4.11. The fraction of sp³-hybridized carbons (Fsp3) is 0.500. The number of likely N-dealkylation sites (tertiary alicyclic amines) is 1. The van der Waals surface area contributed by atoms with Crippen molar-refractivity contribution in [3.63, 3.8) is 0 Å². The third kappa shape index (κ3) is 5.90. The normalized spacial score (nSPS) is 22.5. The average molecular weight is 382 g/mol. The van der Waals surface area contributed by atoms with Gasteiger partial charge >= 0.3 is 5.97 Å². The summed E-state index contributed by atoms with van der Waals surface area (Å²) in [6.45, 7) is 4.09. The molecule has 0 N–H and O–H groups in total. The minimum atomic E-state index is -0.140. The van der Waals surface area contributed by atoms with Crippen LogP contribution in [0, 0.1) is 5.92 Å². The van der Waals surface area contributed by atoms with Gasteiger partial charge in [0.25, 0.3) is 0 Å². The lowest BCUT2D eigenvalue weighted by Gasteiger charge is -2.37. The molecule has 3 rings (SSSR count). The van der Waals surface area contributed by atoms with Crippen LogP contribution in [0.2, 0.25) is 0 Å². The molecule has 0 aromatic heterocycles. The van der Waals surface area contributed by atoms with Crippen LogP contribution in [-0.4, -0.2) is 42.4 Å². The number of aryl methyl sites for hydroxylation is 1. The van der Waals surface area contributed by atoms with Gasteiger partial charge in [0.05, 0.1) is 6.54 Å². The maximum Gasteiger partial charge on any atom is 0.306 e. The fourth-order valence-electron chi connectivity index (χ4n) is 4.01. The Morgan fingerprint density at radius 1 is 1.18 bits per heavy atom. The molecule has 1 fully saturated rings. The van der Waals surface area contributed by atoms with Gasteiger partial charge in [-0.2, -0.15) is 0 Å². The quantitative estimate of drug-likeness (QED) is 0.636. The van der Waals surface area contributed by atoms with Crippen LogP contribution in [0.5, 0.6) is 0 Å². The Balaban J connectivity index is 1.51. The van der Waals surface area contributed by atoms with E-state index in [2.05, 4.69) is 17.9 Å². The number of hydrogen-bond donors (Lipinski definition) is 0. The van der Waals surface area contributed by atoms with Crippen LogP contribution >= 0.6 is 0 Å². The number of esters is 1. The zero-order chi connectivity index (χ0) is 19.8. The summed E-state index contributed by atoms with van der Waals surface area (Å²) in [6, 6.07) is 10.0. The van der Waals surface area contributed by atoms with Crippen LogP contribution in [0.1, 0.15) is 44.6 Å². The van der Waals surface area contributed by atoms with E-state index >= 15 is 0 Å². The maximum absolute atomic E-state index is 12.5. The van der Waals surface area contributed by atoms with Crippen LogP contribution in [0.15, 0.2) is 54.1 Å². The molecule has 4 nitrogen and oxygen atoms in total. The van der Waals surface area contributed by atoms with Crippen molar-refractivity contribution in [2.24, 2.45) is 5.92 Å². The van der Waals surface area contributed by atoms with Crippen molar-refractivity contribution in [1.82, 2.24) is 4.90 Å². The molecule has 0 bridgehead atoms. The molecule has 1 saturated heterocycles. The van der Waals surface area contributed by atoms with Crippen LogP contribution in [0.4, 0.5) is 0 Å². The van der Waals surface area contributed by atoms with Gasteiger partial charge in [-0.05, 0) is 50.1 Å². The van der Waals surface area contributed by atoms with Crippen LogP contribution in [0.25, 0.3) is 0 Å². The Bertz CT molecular complexity index is 723. The molecule has 28 heavy (non-hydrogen) atoms. The van der Waals surface area contributed by atoms with Crippen LogP contribution in [-0.2, 0) is 20.7 Å². The number of allylic oxidation sites excluding steroid dienone is 3. The van der Waals surface area contributed by atoms with Crippen molar-refractivity contribution >= 4 is 11.8 Å². The van der Waals surface area contributed by atoms with E-state index < -0.39 is 0 Å². The number of carbonyl (C=O) groups is 2. The lowest BCUT2D eigenvalue weighted by molar-refractivity contribution is -0.155. The van der Waals surface area contributed by atoms with E-state index in [1.165, 1.54) is 0 Å². The van der Waals surface area contributed by atoms with Gasteiger partial charge in [0.15, 0.2) is 5.78 Å². The first-order chi connectivity index (χ1) is 13.7. The Kier molecular flexibility index (Phi) is 7.61. The first-order valence-electron chi connectivity index (χ1n) is 10.5. The SMILES string of the molecule is CCC1CCN(CC(=O)C2=CCCC=C2)C[C@@H]1OC(=O)CCc1ccccc1. The van der Waals surface area contributed by atoms with E-state index in [4.69, 9.17) is 4.74 Å². The molecule has 0 spiro atoms. The van der Waals surface area contributed by atoms with Crippen molar-refractivity contribution in [3.05, 3.63) is 59.7 Å². The molecule has 1 aromatic rings. The molecular formula is C24H31NO3. The highest BCUT2D eigenvalue weighted by molar-refractivity contribution is 5.99. The Labute approximate surface area is 168 Å². The van der Waals surface area contributed by atoms with E-state index in [1.807, 2.05) is 42.5 Å². The number of hydrogen-bond acceptors (Lipinski definition) is 4. The highest BCUT2D eigenvalue weighted by Crippen LogP contribution is 2.24. The van der Waals surface area contributed by atoms with E-state index in [0.717, 1.165) is 43.4 Å². The molecule has 2 aliphatic rings. The Morgan fingerprint density at radius 2 is 2.00 bits per heavy atom.